The number of aliphatic hydroxyl groups excluding tert-OH is 1. The number of aliphatic hydroxyl groups is 1. The fourth-order valence-electron chi connectivity index (χ4n) is 2.55. The Labute approximate surface area is 128 Å². The van der Waals surface area contributed by atoms with E-state index in [1.54, 1.807) is 32.4 Å². The molecule has 1 aliphatic heterocycles. The molecule has 1 unspecified atom stereocenters. The van der Waals surface area contributed by atoms with E-state index in [-0.39, 0.29) is 19.7 Å². The van der Waals surface area contributed by atoms with Gasteiger partial charge in [-0.05, 0) is 27.7 Å². The minimum atomic E-state index is -0.619. The highest BCUT2D eigenvalue weighted by Gasteiger charge is 2.34. The van der Waals surface area contributed by atoms with Crippen LogP contribution in [-0.2, 0) is 11.3 Å². The lowest BCUT2D eigenvalue weighted by atomic mass is 10.1. The first-order valence-electron chi connectivity index (χ1n) is 7.10. The van der Waals surface area contributed by atoms with Crippen molar-refractivity contribution in [3.63, 3.8) is 0 Å². The van der Waals surface area contributed by atoms with E-state index in [0.717, 1.165) is 0 Å². The Morgan fingerprint density at radius 1 is 1.45 bits per heavy atom. The van der Waals surface area contributed by atoms with Gasteiger partial charge in [0.15, 0.2) is 0 Å². The fourth-order valence-corrected chi connectivity index (χ4v) is 2.55. The molecular weight excluding hydrogens is 288 g/mol. The number of carbonyl (C=O) groups excluding carboxylic acids is 2. The van der Waals surface area contributed by atoms with Crippen molar-refractivity contribution in [3.05, 3.63) is 17.0 Å². The molecule has 2 amide bonds. The molecule has 0 fully saturated rings. The van der Waals surface area contributed by atoms with Gasteiger partial charge < -0.3 is 20.5 Å². The molecule has 0 saturated carbocycles. The molecule has 0 spiro atoms. The van der Waals surface area contributed by atoms with E-state index in [1.807, 2.05) is 0 Å². The quantitative estimate of drug-likeness (QED) is 0.830. The van der Waals surface area contributed by atoms with Crippen molar-refractivity contribution in [3.8, 4) is 0 Å². The number of hydrogen-bond acceptors (Lipinski definition) is 5. The number of rotatable bonds is 2. The molecule has 1 aromatic rings. The number of nitrogens with two attached hydrogens (primary N) is 1. The highest BCUT2D eigenvalue weighted by atomic mass is 16.6. The minimum Gasteiger partial charge on any atom is -0.444 e. The zero-order valence-corrected chi connectivity index (χ0v) is 13.3. The summed E-state index contributed by atoms with van der Waals surface area (Å²) >= 11 is 0. The van der Waals surface area contributed by atoms with Crippen molar-refractivity contribution in [1.82, 2.24) is 14.7 Å². The van der Waals surface area contributed by atoms with Crippen LogP contribution < -0.4 is 5.73 Å². The molecule has 0 radical (unpaired) electrons. The summed E-state index contributed by atoms with van der Waals surface area (Å²) in [5.74, 6) is -0.596. The zero-order valence-electron chi connectivity index (χ0n) is 13.3. The average molecular weight is 310 g/mol. The standard InChI is InChI=1S/C14H22N4O4/c1-8-11(12(15)20)10-6-17(13(21)22-14(2,3)4)5-9(7-19)18(10)16-8/h9,19H,5-7H2,1-4H3,(H2,15,20). The van der Waals surface area contributed by atoms with E-state index in [1.165, 1.54) is 4.90 Å². The van der Waals surface area contributed by atoms with Gasteiger partial charge >= 0.3 is 6.09 Å². The molecule has 2 heterocycles. The summed E-state index contributed by atoms with van der Waals surface area (Å²) in [6.45, 7) is 7.25. The third-order valence-electron chi connectivity index (χ3n) is 3.41. The van der Waals surface area contributed by atoms with Crippen molar-refractivity contribution in [2.75, 3.05) is 13.2 Å². The maximum absolute atomic E-state index is 12.2. The molecule has 1 atom stereocenters. The lowest BCUT2D eigenvalue weighted by molar-refractivity contribution is 0.0127. The van der Waals surface area contributed by atoms with Gasteiger partial charge in [-0.25, -0.2) is 4.79 Å². The van der Waals surface area contributed by atoms with Crippen molar-refractivity contribution in [2.45, 2.75) is 45.9 Å². The van der Waals surface area contributed by atoms with Crippen molar-refractivity contribution in [1.29, 1.82) is 0 Å². The molecule has 8 heteroatoms. The topological polar surface area (TPSA) is 111 Å². The van der Waals surface area contributed by atoms with Gasteiger partial charge in [-0.2, -0.15) is 5.10 Å². The first-order valence-corrected chi connectivity index (χ1v) is 7.10. The number of ether oxygens (including phenoxy) is 1. The van der Waals surface area contributed by atoms with Gasteiger partial charge in [0, 0.05) is 6.54 Å². The molecule has 1 aromatic heterocycles. The Hall–Kier alpha value is -2.09. The third kappa shape index (κ3) is 3.06. The summed E-state index contributed by atoms with van der Waals surface area (Å²) in [4.78, 5) is 25.3. The molecule has 0 aromatic carbocycles. The van der Waals surface area contributed by atoms with Crippen LogP contribution in [0.5, 0.6) is 0 Å². The highest BCUT2D eigenvalue weighted by molar-refractivity contribution is 5.95. The predicted molar refractivity (Wildman–Crippen MR) is 78.2 cm³/mol. The molecule has 0 aliphatic carbocycles. The van der Waals surface area contributed by atoms with Crippen LogP contribution in [0.1, 0.15) is 48.6 Å². The van der Waals surface area contributed by atoms with Crippen LogP contribution in [0.2, 0.25) is 0 Å². The average Bonchev–Trinajstić information content (AvgIpc) is 2.71. The molecule has 22 heavy (non-hydrogen) atoms. The summed E-state index contributed by atoms with van der Waals surface area (Å²) in [5, 5.41) is 13.8. The molecule has 8 nitrogen and oxygen atoms in total. The molecule has 2 rings (SSSR count). The predicted octanol–water partition coefficient (Wildman–Crippen LogP) is 0.575. The molecule has 0 bridgehead atoms. The van der Waals surface area contributed by atoms with Gasteiger partial charge in [0.25, 0.3) is 5.91 Å². The van der Waals surface area contributed by atoms with Gasteiger partial charge in [-0.15, -0.1) is 0 Å². The Morgan fingerprint density at radius 2 is 2.09 bits per heavy atom. The second-order valence-corrected chi connectivity index (χ2v) is 6.41. The van der Waals surface area contributed by atoms with E-state index in [0.29, 0.717) is 17.0 Å². The van der Waals surface area contributed by atoms with Crippen molar-refractivity contribution in [2.24, 2.45) is 5.73 Å². The second-order valence-electron chi connectivity index (χ2n) is 6.41. The lowest BCUT2D eigenvalue weighted by Gasteiger charge is -2.34. The molecular formula is C14H22N4O4. The maximum atomic E-state index is 12.2. The summed E-state index contributed by atoms with van der Waals surface area (Å²) in [7, 11) is 0. The van der Waals surface area contributed by atoms with Gasteiger partial charge in [0.05, 0.1) is 36.1 Å². The van der Waals surface area contributed by atoms with E-state index >= 15 is 0 Å². The molecule has 0 saturated heterocycles. The number of aromatic nitrogens is 2. The maximum Gasteiger partial charge on any atom is 0.410 e. The van der Waals surface area contributed by atoms with Gasteiger partial charge in [-0.3, -0.25) is 9.48 Å². The Morgan fingerprint density at radius 3 is 2.59 bits per heavy atom. The highest BCUT2D eigenvalue weighted by Crippen LogP contribution is 2.26. The summed E-state index contributed by atoms with van der Waals surface area (Å²) in [5.41, 5.74) is 6.10. The number of amides is 2. The SMILES string of the molecule is Cc1nn2c(c1C(N)=O)CN(C(=O)OC(C)(C)C)CC2CO. The summed E-state index contributed by atoms with van der Waals surface area (Å²) < 4.78 is 6.93. The third-order valence-corrected chi connectivity index (χ3v) is 3.41. The van der Waals surface area contributed by atoms with Gasteiger partial charge in [-0.1, -0.05) is 0 Å². The van der Waals surface area contributed by atoms with Gasteiger partial charge in [0.2, 0.25) is 0 Å². The normalized spacial score (nSPS) is 18.0. The van der Waals surface area contributed by atoms with Crippen LogP contribution in [0.4, 0.5) is 4.79 Å². The lowest BCUT2D eigenvalue weighted by Crippen LogP contribution is -2.45. The van der Waals surface area contributed by atoms with E-state index in [4.69, 9.17) is 10.5 Å². The van der Waals surface area contributed by atoms with Crippen LogP contribution >= 0.6 is 0 Å². The zero-order chi connectivity index (χ0) is 16.7. The largest absolute Gasteiger partial charge is 0.444 e. The number of primary amides is 1. The number of fused-ring (bicyclic) bond motifs is 1. The monoisotopic (exact) mass is 310 g/mol. The summed E-state index contributed by atoms with van der Waals surface area (Å²) in [6.07, 6.45) is -0.494. The second kappa shape index (κ2) is 5.60. The van der Waals surface area contributed by atoms with Crippen LogP contribution in [0, 0.1) is 6.92 Å². The molecule has 122 valence electrons. The number of carbonyl (C=O) groups is 2. The molecule has 3 N–H and O–H groups in total. The Kier molecular flexibility index (Phi) is 4.15. The first kappa shape index (κ1) is 16.3. The van der Waals surface area contributed by atoms with Crippen LogP contribution in [0.3, 0.4) is 0 Å². The Bertz CT molecular complexity index is 603. The molecule has 1 aliphatic rings. The number of hydrogen-bond donors (Lipinski definition) is 2. The number of aryl methyl sites for hydroxylation is 1. The van der Waals surface area contributed by atoms with Crippen molar-refractivity contribution < 1.29 is 19.4 Å². The van der Waals surface area contributed by atoms with Crippen LogP contribution in [0.15, 0.2) is 0 Å². The summed E-state index contributed by atoms with van der Waals surface area (Å²) in [6, 6.07) is -0.428. The van der Waals surface area contributed by atoms with E-state index < -0.39 is 23.6 Å². The fraction of sp³-hybridized carbons (Fsp3) is 0.643. The first-order chi connectivity index (χ1) is 10.1. The van der Waals surface area contributed by atoms with Crippen LogP contribution in [-0.4, -0.2) is 50.5 Å². The Balaban J connectivity index is 2.35. The van der Waals surface area contributed by atoms with E-state index in [2.05, 4.69) is 5.10 Å². The van der Waals surface area contributed by atoms with Crippen LogP contribution in [0.25, 0.3) is 0 Å². The van der Waals surface area contributed by atoms with E-state index in [9.17, 15) is 14.7 Å². The smallest absolute Gasteiger partial charge is 0.410 e. The minimum absolute atomic E-state index is 0.171. The van der Waals surface area contributed by atoms with Crippen molar-refractivity contribution >= 4 is 12.0 Å². The number of nitrogens with zero attached hydrogens (tertiary/aromatic N) is 3. The van der Waals surface area contributed by atoms with Gasteiger partial charge in [0.1, 0.15) is 5.60 Å².